The predicted octanol–water partition coefficient (Wildman–Crippen LogP) is 6.93. The van der Waals surface area contributed by atoms with E-state index in [0.717, 1.165) is 0 Å². The van der Waals surface area contributed by atoms with Crippen LogP contribution < -0.4 is 0 Å². The second kappa shape index (κ2) is 14.2. The van der Waals surface area contributed by atoms with Gasteiger partial charge in [0.05, 0.1) is 22.8 Å². The number of azo groups is 2. The van der Waals surface area contributed by atoms with Gasteiger partial charge in [-0.2, -0.15) is 20.5 Å². The predicted molar refractivity (Wildman–Crippen MR) is 108 cm³/mol. The molecule has 0 unspecified atom stereocenters. The highest BCUT2D eigenvalue weighted by molar-refractivity contribution is 5.28. The summed E-state index contributed by atoms with van der Waals surface area (Å²) in [5.74, 6) is 0. The molecule has 0 atom stereocenters. The van der Waals surface area contributed by atoms with Crippen molar-refractivity contribution in [3.05, 3.63) is 123 Å². The van der Waals surface area contributed by atoms with E-state index in [1.165, 1.54) is 0 Å². The van der Waals surface area contributed by atoms with Crippen LogP contribution in [0.2, 0.25) is 0 Å². The van der Waals surface area contributed by atoms with E-state index in [9.17, 15) is 0 Å². The van der Waals surface area contributed by atoms with E-state index < -0.39 is 0 Å². The maximum absolute atomic E-state index is 4.17. The average Bonchev–Trinajstić information content (AvgIpc) is 2.62. The Morgan fingerprint density at radius 3 is 1.76 bits per heavy atom. The Morgan fingerprint density at radius 2 is 1.20 bits per heavy atom. The number of hydrogen-bond acceptors (Lipinski definition) is 4. The van der Waals surface area contributed by atoms with Crippen molar-refractivity contribution >= 4 is 0 Å². The molecule has 4 heteroatoms. The largest absolute Gasteiger partial charge is 0.151 e. The van der Waals surface area contributed by atoms with Gasteiger partial charge in [-0.25, -0.2) is 0 Å². The summed E-state index contributed by atoms with van der Waals surface area (Å²) in [5, 5.41) is 16.2. The minimum Gasteiger partial charge on any atom is -0.151 e. The monoisotopic (exact) mass is 332 g/mol. The lowest BCUT2D eigenvalue weighted by atomic mass is 10.3. The molecule has 25 heavy (non-hydrogen) atoms. The van der Waals surface area contributed by atoms with Crippen LogP contribution >= 0.6 is 0 Å². The van der Waals surface area contributed by atoms with Gasteiger partial charge in [-0.3, -0.25) is 0 Å². The smallest absolute Gasteiger partial charge is 0.0857 e. The number of nitrogens with zero attached hydrogens (tertiary/aromatic N) is 4. The third-order valence-electron chi connectivity index (χ3n) is 2.45. The fraction of sp³-hybridized carbons (Fsp3) is 0.0476. The summed E-state index contributed by atoms with van der Waals surface area (Å²) < 4.78 is 0. The number of rotatable bonds is 11. The molecule has 0 bridgehead atoms. The molecule has 0 aliphatic carbocycles. The summed E-state index contributed by atoms with van der Waals surface area (Å²) in [6, 6.07) is 0. The molecule has 128 valence electrons. The summed E-state index contributed by atoms with van der Waals surface area (Å²) >= 11 is 0. The van der Waals surface area contributed by atoms with Crippen LogP contribution in [0, 0.1) is 0 Å². The van der Waals surface area contributed by atoms with Gasteiger partial charge in [0.2, 0.25) is 0 Å². The van der Waals surface area contributed by atoms with Crippen molar-refractivity contribution in [2.45, 2.75) is 6.92 Å². The van der Waals surface area contributed by atoms with Gasteiger partial charge in [0.1, 0.15) is 0 Å². The van der Waals surface area contributed by atoms with E-state index in [1.807, 2.05) is 13.0 Å². The molecule has 0 fully saturated rings. The van der Waals surface area contributed by atoms with Gasteiger partial charge in [0, 0.05) is 0 Å². The molecule has 0 spiro atoms. The summed E-state index contributed by atoms with van der Waals surface area (Å²) in [7, 11) is 0. The van der Waals surface area contributed by atoms with E-state index >= 15 is 0 Å². The molecule has 0 saturated carbocycles. The average molecular weight is 332 g/mol. The molecule has 0 aromatic heterocycles. The zero-order chi connectivity index (χ0) is 18.9. The molecule has 0 amide bonds. The number of hydrogen-bond donors (Lipinski definition) is 0. The Bertz CT molecular complexity index is 708. The third-order valence-corrected chi connectivity index (χ3v) is 2.45. The molecule has 0 radical (unpaired) electrons. The van der Waals surface area contributed by atoms with Gasteiger partial charge < -0.3 is 0 Å². The van der Waals surface area contributed by atoms with Crippen LogP contribution in [0.3, 0.4) is 0 Å². The Balaban J connectivity index is 5.02. The Kier molecular flexibility index (Phi) is 12.3. The molecule has 0 aliphatic heterocycles. The lowest BCUT2D eigenvalue weighted by molar-refractivity contribution is 1.11. The highest BCUT2D eigenvalue weighted by atomic mass is 15.1. The molecule has 4 nitrogen and oxygen atoms in total. The normalized spacial score (nSPS) is 13.5. The topological polar surface area (TPSA) is 49.4 Å². The van der Waals surface area contributed by atoms with E-state index in [0.29, 0.717) is 22.8 Å². The quantitative estimate of drug-likeness (QED) is 0.291. The van der Waals surface area contributed by atoms with Crippen LogP contribution in [0.1, 0.15) is 6.92 Å². The standard InChI is InChI=1S/C21H24N4/c1-7-11-14-18(5)22-23-19(6)16-17-21(13-9-3)25-24-20(10-4)15-12-8-2/h7-17H,1-3,5-6H2,4H3/b14-11-,15-12-,17-16-,20-10+,21-13+,23-22-,25-24-. The van der Waals surface area contributed by atoms with Gasteiger partial charge in [-0.1, -0.05) is 69.4 Å². The van der Waals surface area contributed by atoms with Crippen LogP contribution in [0.5, 0.6) is 0 Å². The maximum Gasteiger partial charge on any atom is 0.0857 e. The van der Waals surface area contributed by atoms with Crippen LogP contribution in [-0.4, -0.2) is 0 Å². The minimum atomic E-state index is 0.455. The van der Waals surface area contributed by atoms with Crippen molar-refractivity contribution in [3.8, 4) is 0 Å². The van der Waals surface area contributed by atoms with Crippen LogP contribution in [0.4, 0.5) is 0 Å². The molecule has 0 aliphatic rings. The number of allylic oxidation sites excluding steroid dienone is 11. The molecule has 0 N–H and O–H groups in total. The van der Waals surface area contributed by atoms with Crippen LogP contribution in [0.15, 0.2) is 143 Å². The first-order chi connectivity index (χ1) is 12.1. The molecule has 0 aromatic carbocycles. The third kappa shape index (κ3) is 11.8. The summed E-state index contributed by atoms with van der Waals surface area (Å²) in [6.45, 7) is 20.3. The first-order valence-corrected chi connectivity index (χ1v) is 7.54. The van der Waals surface area contributed by atoms with E-state index in [4.69, 9.17) is 0 Å². The summed E-state index contributed by atoms with van der Waals surface area (Å²) in [5.41, 5.74) is 2.27. The minimum absolute atomic E-state index is 0.455. The second-order valence-corrected chi connectivity index (χ2v) is 4.45. The Labute approximate surface area is 150 Å². The molecule has 0 rings (SSSR count). The first kappa shape index (κ1) is 21.6. The van der Waals surface area contributed by atoms with Gasteiger partial charge in [0.15, 0.2) is 0 Å². The fourth-order valence-corrected chi connectivity index (χ4v) is 1.27. The van der Waals surface area contributed by atoms with Crippen LogP contribution in [-0.2, 0) is 0 Å². The van der Waals surface area contributed by atoms with Crippen molar-refractivity contribution in [2.75, 3.05) is 0 Å². The highest BCUT2D eigenvalue weighted by Crippen LogP contribution is 2.09. The van der Waals surface area contributed by atoms with Crippen molar-refractivity contribution < 1.29 is 0 Å². The van der Waals surface area contributed by atoms with Crippen molar-refractivity contribution in [1.82, 2.24) is 0 Å². The first-order valence-electron chi connectivity index (χ1n) is 7.54. The van der Waals surface area contributed by atoms with Gasteiger partial charge in [-0.15, -0.1) is 0 Å². The highest BCUT2D eigenvalue weighted by Gasteiger charge is 1.91. The SMILES string of the molecule is C=C/C=C\C(=C)/N=N\C(=C)\C=C/C(=C\C=C)/N=N\C(\C=C/C=C)=C\C. The van der Waals surface area contributed by atoms with Crippen molar-refractivity contribution in [1.29, 1.82) is 0 Å². The maximum atomic E-state index is 4.17. The zero-order valence-electron chi connectivity index (χ0n) is 14.7. The second-order valence-electron chi connectivity index (χ2n) is 4.45. The lowest BCUT2D eigenvalue weighted by Gasteiger charge is -1.94. The van der Waals surface area contributed by atoms with E-state index in [-0.39, 0.29) is 0 Å². The molecule has 0 aromatic rings. The fourth-order valence-electron chi connectivity index (χ4n) is 1.27. The zero-order valence-corrected chi connectivity index (χ0v) is 14.7. The summed E-state index contributed by atoms with van der Waals surface area (Å²) in [6.07, 6.45) is 18.9. The molecular weight excluding hydrogens is 308 g/mol. The van der Waals surface area contributed by atoms with E-state index in [2.05, 4.69) is 53.4 Å². The Morgan fingerprint density at radius 1 is 0.640 bits per heavy atom. The van der Waals surface area contributed by atoms with Gasteiger partial charge in [0.25, 0.3) is 0 Å². The van der Waals surface area contributed by atoms with Crippen molar-refractivity contribution in [3.63, 3.8) is 0 Å². The van der Waals surface area contributed by atoms with Crippen molar-refractivity contribution in [2.24, 2.45) is 20.5 Å². The summed E-state index contributed by atoms with van der Waals surface area (Å²) in [4.78, 5) is 0. The van der Waals surface area contributed by atoms with Crippen LogP contribution in [0.25, 0.3) is 0 Å². The van der Waals surface area contributed by atoms with Gasteiger partial charge in [-0.05, 0) is 37.3 Å². The Hall–Kier alpha value is -3.40. The molecular formula is C21H24N4. The molecule has 0 saturated heterocycles. The van der Waals surface area contributed by atoms with Gasteiger partial charge >= 0.3 is 0 Å². The van der Waals surface area contributed by atoms with E-state index in [1.54, 1.807) is 60.8 Å². The molecule has 0 heterocycles. The lowest BCUT2D eigenvalue weighted by Crippen LogP contribution is -1.75.